The molecule has 0 aromatic carbocycles. The summed E-state index contributed by atoms with van der Waals surface area (Å²) in [6.07, 6.45) is 0.889. The maximum Gasteiger partial charge on any atom is 0.357 e. The third kappa shape index (κ3) is 7.23. The third-order valence-electron chi connectivity index (χ3n) is 0.962. The van der Waals surface area contributed by atoms with Crippen LogP contribution < -0.4 is 11.2 Å². The van der Waals surface area contributed by atoms with Crippen LogP contribution >= 0.6 is 0 Å². The zero-order valence-electron chi connectivity index (χ0n) is 6.31. The highest BCUT2D eigenvalue weighted by molar-refractivity contribution is 5.69. The van der Waals surface area contributed by atoms with Crippen molar-refractivity contribution in [3.05, 3.63) is 0 Å². The third-order valence-corrected chi connectivity index (χ3v) is 0.962. The molecule has 0 rings (SSSR count). The van der Waals surface area contributed by atoms with Crippen molar-refractivity contribution in [2.45, 2.75) is 20.3 Å². The number of urea groups is 1. The Labute approximate surface area is 60.7 Å². The van der Waals surface area contributed by atoms with Crippen LogP contribution in [0.1, 0.15) is 20.3 Å². The number of nitrogens with one attached hydrogen (secondary N) is 2. The van der Waals surface area contributed by atoms with Gasteiger partial charge in [-0.25, -0.2) is 16.0 Å². The predicted molar refractivity (Wildman–Crippen MR) is 37.0 cm³/mol. The lowest BCUT2D eigenvalue weighted by atomic mass is 10.1. The Hall–Kier alpha value is -0.770. The van der Waals surface area contributed by atoms with E-state index in [2.05, 4.69) is 18.7 Å². The van der Waals surface area contributed by atoms with Gasteiger partial charge in [0.2, 0.25) is 0 Å². The number of amides is 2. The van der Waals surface area contributed by atoms with Gasteiger partial charge >= 0.3 is 6.03 Å². The van der Waals surface area contributed by atoms with Gasteiger partial charge in [-0.3, -0.25) is 4.84 Å². The van der Waals surface area contributed by atoms with Gasteiger partial charge in [-0.05, 0) is 12.3 Å². The van der Waals surface area contributed by atoms with Crippen molar-refractivity contribution in [3.8, 4) is 0 Å². The minimum absolute atomic E-state index is 0.474. The SMILES string of the molecule is CC(C)CCONC([NH])=O. The molecule has 0 aromatic heterocycles. The van der Waals surface area contributed by atoms with E-state index in [-0.39, 0.29) is 0 Å². The first-order valence-corrected chi connectivity index (χ1v) is 3.26. The van der Waals surface area contributed by atoms with E-state index < -0.39 is 6.03 Å². The summed E-state index contributed by atoms with van der Waals surface area (Å²) < 4.78 is 0. The van der Waals surface area contributed by atoms with E-state index >= 15 is 0 Å². The largest absolute Gasteiger partial charge is 0.357 e. The van der Waals surface area contributed by atoms with Crippen LogP contribution in [0.25, 0.3) is 0 Å². The smallest absolute Gasteiger partial charge is 0.272 e. The van der Waals surface area contributed by atoms with E-state index in [1.54, 1.807) is 0 Å². The van der Waals surface area contributed by atoms with Gasteiger partial charge in [-0.2, -0.15) is 0 Å². The molecule has 0 aliphatic carbocycles. The molecular weight excluding hydrogens is 132 g/mol. The lowest BCUT2D eigenvalue weighted by Gasteiger charge is -2.03. The second-order valence-electron chi connectivity index (χ2n) is 2.46. The van der Waals surface area contributed by atoms with Crippen LogP contribution in [0.4, 0.5) is 4.79 Å². The van der Waals surface area contributed by atoms with Crippen molar-refractivity contribution in [2.24, 2.45) is 5.92 Å². The van der Waals surface area contributed by atoms with Crippen molar-refractivity contribution >= 4 is 6.03 Å². The number of rotatable bonds is 4. The van der Waals surface area contributed by atoms with E-state index in [0.29, 0.717) is 12.5 Å². The van der Waals surface area contributed by atoms with Crippen LogP contribution in [0, 0.1) is 5.92 Å². The molecule has 0 saturated carbocycles. The fraction of sp³-hybridized carbons (Fsp3) is 0.833. The lowest BCUT2D eigenvalue weighted by Crippen LogP contribution is -2.23. The highest BCUT2D eigenvalue weighted by Gasteiger charge is 1.94. The minimum atomic E-state index is -0.899. The monoisotopic (exact) mass is 145 g/mol. The van der Waals surface area contributed by atoms with Gasteiger partial charge in [0.05, 0.1) is 6.61 Å². The Kier molecular flexibility index (Phi) is 4.66. The van der Waals surface area contributed by atoms with E-state index in [0.717, 1.165) is 6.42 Å². The van der Waals surface area contributed by atoms with Crippen LogP contribution in [0.5, 0.6) is 0 Å². The summed E-state index contributed by atoms with van der Waals surface area (Å²) >= 11 is 0. The molecule has 1 radical (unpaired) electrons. The molecule has 0 bridgehead atoms. The molecule has 0 aromatic rings. The van der Waals surface area contributed by atoms with Crippen LogP contribution in [-0.4, -0.2) is 12.6 Å². The van der Waals surface area contributed by atoms with Gasteiger partial charge in [0.1, 0.15) is 0 Å². The molecule has 0 aliphatic heterocycles. The molecule has 0 heterocycles. The quantitative estimate of drug-likeness (QED) is 0.473. The van der Waals surface area contributed by atoms with Crippen molar-refractivity contribution < 1.29 is 9.63 Å². The number of carbonyl (C=O) groups is 1. The molecule has 2 N–H and O–H groups in total. The highest BCUT2D eigenvalue weighted by atomic mass is 16.7. The number of hydrogen-bond donors (Lipinski definition) is 1. The van der Waals surface area contributed by atoms with Crippen molar-refractivity contribution in [3.63, 3.8) is 0 Å². The molecule has 2 amide bonds. The number of hydroxylamine groups is 1. The molecule has 4 nitrogen and oxygen atoms in total. The Balaban J connectivity index is 2.98. The summed E-state index contributed by atoms with van der Waals surface area (Å²) in [6.45, 7) is 4.60. The van der Waals surface area contributed by atoms with Gasteiger partial charge in [-0.1, -0.05) is 13.8 Å². The van der Waals surface area contributed by atoms with Crippen LogP contribution in [0.15, 0.2) is 0 Å². The fourth-order valence-corrected chi connectivity index (χ4v) is 0.411. The Bertz CT molecular complexity index is 104. The molecular formula is C6H13N2O2. The molecule has 4 heteroatoms. The van der Waals surface area contributed by atoms with Gasteiger partial charge < -0.3 is 0 Å². The van der Waals surface area contributed by atoms with Crippen molar-refractivity contribution in [2.75, 3.05) is 6.61 Å². The zero-order chi connectivity index (χ0) is 7.98. The van der Waals surface area contributed by atoms with Crippen molar-refractivity contribution in [1.82, 2.24) is 11.2 Å². The maximum absolute atomic E-state index is 9.92. The first-order valence-electron chi connectivity index (χ1n) is 3.26. The second kappa shape index (κ2) is 5.05. The summed E-state index contributed by atoms with van der Waals surface area (Å²) in [5, 5.41) is 0. The van der Waals surface area contributed by atoms with Crippen LogP contribution in [0.3, 0.4) is 0 Å². The van der Waals surface area contributed by atoms with E-state index in [4.69, 9.17) is 5.73 Å². The molecule has 0 spiro atoms. The second-order valence-corrected chi connectivity index (χ2v) is 2.46. The highest BCUT2D eigenvalue weighted by Crippen LogP contribution is 1.97. The fourth-order valence-electron chi connectivity index (χ4n) is 0.411. The Morgan fingerprint density at radius 1 is 1.70 bits per heavy atom. The molecule has 0 saturated heterocycles. The minimum Gasteiger partial charge on any atom is -0.272 e. The van der Waals surface area contributed by atoms with Gasteiger partial charge in [0.15, 0.2) is 0 Å². The number of carbonyl (C=O) groups excluding carboxylic acids is 1. The topological polar surface area (TPSA) is 62.1 Å². The summed E-state index contributed by atoms with van der Waals surface area (Å²) in [6, 6.07) is -0.899. The zero-order valence-corrected chi connectivity index (χ0v) is 6.31. The summed E-state index contributed by atoms with van der Waals surface area (Å²) in [5.74, 6) is 0.558. The molecule has 0 aliphatic rings. The van der Waals surface area contributed by atoms with E-state index in [1.807, 2.05) is 5.48 Å². The summed E-state index contributed by atoms with van der Waals surface area (Å²) in [5.41, 5.74) is 8.32. The van der Waals surface area contributed by atoms with E-state index in [9.17, 15) is 4.79 Å². The summed E-state index contributed by atoms with van der Waals surface area (Å²) in [4.78, 5) is 14.5. The first kappa shape index (κ1) is 9.23. The molecule has 59 valence electrons. The molecule has 0 fully saturated rings. The van der Waals surface area contributed by atoms with Gasteiger partial charge in [0.25, 0.3) is 0 Å². The normalized spacial score (nSPS) is 9.90. The summed E-state index contributed by atoms with van der Waals surface area (Å²) in [7, 11) is 0. The lowest BCUT2D eigenvalue weighted by molar-refractivity contribution is 0.0569. The van der Waals surface area contributed by atoms with Crippen molar-refractivity contribution in [1.29, 1.82) is 0 Å². The maximum atomic E-state index is 9.92. The molecule has 0 atom stereocenters. The van der Waals surface area contributed by atoms with E-state index in [1.165, 1.54) is 0 Å². The standard InChI is InChI=1S/C6H13N2O2/c1-5(2)3-4-10-8-6(7)9/h5,7H,3-4H2,1-2H3,(H,8,9). The van der Waals surface area contributed by atoms with Gasteiger partial charge in [0, 0.05) is 0 Å². The Morgan fingerprint density at radius 2 is 2.30 bits per heavy atom. The van der Waals surface area contributed by atoms with Crippen LogP contribution in [0.2, 0.25) is 0 Å². The molecule has 10 heavy (non-hydrogen) atoms. The average molecular weight is 145 g/mol. The number of hydrogen-bond acceptors (Lipinski definition) is 2. The van der Waals surface area contributed by atoms with Gasteiger partial charge in [-0.15, -0.1) is 0 Å². The van der Waals surface area contributed by atoms with Crippen LogP contribution in [-0.2, 0) is 4.84 Å². The molecule has 0 unspecified atom stereocenters. The predicted octanol–water partition coefficient (Wildman–Crippen LogP) is 0.957. The first-order chi connectivity index (χ1) is 4.63. The Morgan fingerprint density at radius 3 is 2.70 bits per heavy atom. The average Bonchev–Trinajstić information content (AvgIpc) is 1.79.